The second-order valence-electron chi connectivity index (χ2n) is 8.54. The molecule has 7 nitrogen and oxygen atoms in total. The fourth-order valence-corrected chi connectivity index (χ4v) is 4.06. The van der Waals surface area contributed by atoms with Crippen LogP contribution in [0.2, 0.25) is 0 Å². The number of aryl methyl sites for hydroxylation is 2. The molecule has 0 unspecified atom stereocenters. The summed E-state index contributed by atoms with van der Waals surface area (Å²) >= 11 is 0. The summed E-state index contributed by atoms with van der Waals surface area (Å²) in [4.78, 5) is 14.5. The minimum Gasteiger partial charge on any atom is -0.378 e. The van der Waals surface area contributed by atoms with Gasteiger partial charge in [0.25, 0.3) is 0 Å². The Morgan fingerprint density at radius 2 is 1.94 bits per heavy atom. The van der Waals surface area contributed by atoms with Crippen LogP contribution in [0.25, 0.3) is 33.7 Å². The quantitative estimate of drug-likeness (QED) is 0.319. The van der Waals surface area contributed by atoms with Gasteiger partial charge in [-0.05, 0) is 56.7 Å². The van der Waals surface area contributed by atoms with E-state index in [4.69, 9.17) is 0 Å². The summed E-state index contributed by atoms with van der Waals surface area (Å²) in [7, 11) is 4.00. The van der Waals surface area contributed by atoms with Crippen LogP contribution in [0.3, 0.4) is 0 Å². The number of H-pyrrole nitrogens is 2. The molecule has 4 rings (SSSR count). The second kappa shape index (κ2) is 9.85. The van der Waals surface area contributed by atoms with Crippen LogP contribution in [0.4, 0.5) is 0 Å². The highest BCUT2D eigenvalue weighted by molar-refractivity contribution is 5.93. The molecular formula is C28H31N7. The largest absolute Gasteiger partial charge is 0.378 e. The number of aromatic nitrogens is 6. The van der Waals surface area contributed by atoms with Gasteiger partial charge in [0.1, 0.15) is 0 Å². The Balaban J connectivity index is 1.80. The first-order chi connectivity index (χ1) is 16.9. The number of pyridine rings is 1. The summed E-state index contributed by atoms with van der Waals surface area (Å²) in [6.45, 7) is 13.9. The summed E-state index contributed by atoms with van der Waals surface area (Å²) in [5.41, 5.74) is 9.61. The number of nitrogens with zero attached hydrogens (tertiary/aromatic N) is 5. The summed E-state index contributed by atoms with van der Waals surface area (Å²) in [5.74, 6) is 0. The first kappa shape index (κ1) is 23.8. The van der Waals surface area contributed by atoms with Gasteiger partial charge in [-0.15, -0.1) is 0 Å². The molecule has 0 radical (unpaired) electrons. The van der Waals surface area contributed by atoms with Gasteiger partial charge in [0.05, 0.1) is 29.1 Å². The number of likely N-dealkylation sites (N-methyl/N-ethyl adjacent to an activating group) is 1. The zero-order valence-corrected chi connectivity index (χ0v) is 20.9. The van der Waals surface area contributed by atoms with Gasteiger partial charge in [0.2, 0.25) is 0 Å². The normalized spacial score (nSPS) is 12.9. The summed E-state index contributed by atoms with van der Waals surface area (Å²) < 4.78 is 2.01. The monoisotopic (exact) mass is 465 g/mol. The second-order valence-corrected chi connectivity index (χ2v) is 8.54. The number of imidazole rings is 1. The van der Waals surface area contributed by atoms with Gasteiger partial charge >= 0.3 is 0 Å². The molecule has 178 valence electrons. The van der Waals surface area contributed by atoms with E-state index in [-0.39, 0.29) is 0 Å². The maximum absolute atomic E-state index is 4.62. The Bertz CT molecular complexity index is 1480. The van der Waals surface area contributed by atoms with Crippen molar-refractivity contribution in [3.8, 4) is 11.4 Å². The lowest BCUT2D eigenvalue weighted by Crippen LogP contribution is -2.09. The Kier molecular flexibility index (Phi) is 6.68. The molecule has 0 amide bonds. The molecule has 4 aromatic heterocycles. The molecular weight excluding hydrogens is 434 g/mol. The number of hydrogen-bond donors (Lipinski definition) is 2. The number of hydrogen-bond acceptors (Lipinski definition) is 4. The number of aromatic amines is 2. The fraction of sp³-hybridized carbons (Fsp3) is 0.179. The van der Waals surface area contributed by atoms with Crippen molar-refractivity contribution in [3.05, 3.63) is 103 Å². The fourth-order valence-electron chi connectivity index (χ4n) is 4.06. The molecule has 0 aliphatic heterocycles. The Morgan fingerprint density at radius 1 is 1.14 bits per heavy atom. The minimum atomic E-state index is 0.667. The summed E-state index contributed by atoms with van der Waals surface area (Å²) in [6.07, 6.45) is 15.5. The maximum atomic E-state index is 4.62. The molecule has 0 bridgehead atoms. The molecule has 2 N–H and O–H groups in total. The van der Waals surface area contributed by atoms with E-state index in [0.717, 1.165) is 56.3 Å². The highest BCUT2D eigenvalue weighted by Crippen LogP contribution is 2.32. The Labute approximate surface area is 205 Å². The molecule has 0 atom stereocenters. The molecule has 35 heavy (non-hydrogen) atoms. The van der Waals surface area contributed by atoms with E-state index in [1.165, 1.54) is 0 Å². The average molecular weight is 466 g/mol. The molecule has 0 saturated heterocycles. The van der Waals surface area contributed by atoms with Crippen molar-refractivity contribution in [2.75, 3.05) is 14.1 Å². The van der Waals surface area contributed by atoms with Gasteiger partial charge < -0.3 is 14.5 Å². The predicted octanol–water partition coefficient (Wildman–Crippen LogP) is 5.88. The first-order valence-corrected chi connectivity index (χ1v) is 11.4. The molecule has 4 heterocycles. The van der Waals surface area contributed by atoms with Gasteiger partial charge in [-0.25, -0.2) is 9.97 Å². The van der Waals surface area contributed by atoms with Crippen LogP contribution in [0.1, 0.15) is 29.4 Å². The zero-order valence-electron chi connectivity index (χ0n) is 20.9. The number of rotatable bonds is 8. The van der Waals surface area contributed by atoms with Crippen molar-refractivity contribution in [2.24, 2.45) is 0 Å². The van der Waals surface area contributed by atoms with Gasteiger partial charge in [0, 0.05) is 54.4 Å². The molecule has 0 aliphatic rings. The van der Waals surface area contributed by atoms with Gasteiger partial charge in [-0.3, -0.25) is 5.10 Å². The zero-order chi connectivity index (χ0) is 25.1. The molecule has 0 aromatic carbocycles. The van der Waals surface area contributed by atoms with E-state index in [1.54, 1.807) is 6.08 Å². The molecule has 0 fully saturated rings. The third-order valence-corrected chi connectivity index (χ3v) is 5.91. The van der Waals surface area contributed by atoms with E-state index < -0.39 is 0 Å². The van der Waals surface area contributed by atoms with Crippen LogP contribution in [-0.4, -0.2) is 48.7 Å². The van der Waals surface area contributed by atoms with Gasteiger partial charge in [-0.1, -0.05) is 25.3 Å². The van der Waals surface area contributed by atoms with Crippen molar-refractivity contribution in [1.29, 1.82) is 0 Å². The lowest BCUT2D eigenvalue weighted by atomic mass is 10.0. The standard InChI is InChI=1S/C28H31N7/c1-8-11-26(35-16-18(4)30-17-35)23-14-25(31-19(23)5)27-24-13-21(15-29-28(24)33-32-27)20(9-2)12-22(10-3)34(6)7/h8-17,31H,1,3H2,2,4-7H3,(H,29,32,33)/b20-9+,22-12+,26-11+. The lowest BCUT2D eigenvalue weighted by molar-refractivity contribution is 0.530. The molecule has 0 saturated carbocycles. The lowest BCUT2D eigenvalue weighted by Gasteiger charge is -2.14. The highest BCUT2D eigenvalue weighted by Gasteiger charge is 2.17. The number of allylic oxidation sites excluding steroid dienone is 6. The minimum absolute atomic E-state index is 0.667. The highest BCUT2D eigenvalue weighted by atomic mass is 15.2. The van der Waals surface area contributed by atoms with Crippen LogP contribution in [0.5, 0.6) is 0 Å². The van der Waals surface area contributed by atoms with Crippen LogP contribution in [0, 0.1) is 13.8 Å². The van der Waals surface area contributed by atoms with E-state index in [9.17, 15) is 0 Å². The first-order valence-electron chi connectivity index (χ1n) is 11.4. The Morgan fingerprint density at radius 3 is 2.57 bits per heavy atom. The average Bonchev–Trinajstić information content (AvgIpc) is 3.56. The van der Waals surface area contributed by atoms with Gasteiger partial charge in [-0.2, -0.15) is 5.10 Å². The predicted molar refractivity (Wildman–Crippen MR) is 145 cm³/mol. The van der Waals surface area contributed by atoms with E-state index >= 15 is 0 Å². The third kappa shape index (κ3) is 4.66. The van der Waals surface area contributed by atoms with Crippen LogP contribution >= 0.6 is 0 Å². The van der Waals surface area contributed by atoms with Crippen molar-refractivity contribution >= 4 is 22.3 Å². The molecule has 0 aliphatic carbocycles. The maximum Gasteiger partial charge on any atom is 0.181 e. The van der Waals surface area contributed by atoms with Crippen LogP contribution < -0.4 is 0 Å². The molecule has 0 spiro atoms. The smallest absolute Gasteiger partial charge is 0.181 e. The number of fused-ring (bicyclic) bond motifs is 1. The summed E-state index contributed by atoms with van der Waals surface area (Å²) in [6, 6.07) is 4.25. The third-order valence-electron chi connectivity index (χ3n) is 5.91. The van der Waals surface area contributed by atoms with Crippen molar-refractivity contribution in [1.82, 2.24) is 34.6 Å². The summed E-state index contributed by atoms with van der Waals surface area (Å²) in [5, 5.41) is 8.57. The van der Waals surface area contributed by atoms with Gasteiger partial charge in [0.15, 0.2) is 5.65 Å². The van der Waals surface area contributed by atoms with E-state index in [1.807, 2.05) is 68.3 Å². The molecule has 7 heteroatoms. The topological polar surface area (TPSA) is 78.4 Å². The van der Waals surface area contributed by atoms with Crippen molar-refractivity contribution in [2.45, 2.75) is 20.8 Å². The van der Waals surface area contributed by atoms with Crippen molar-refractivity contribution < 1.29 is 0 Å². The van der Waals surface area contributed by atoms with Crippen molar-refractivity contribution in [3.63, 3.8) is 0 Å². The van der Waals surface area contributed by atoms with Crippen LogP contribution in [0.15, 0.2) is 80.1 Å². The Hall–Kier alpha value is -4.39. The van der Waals surface area contributed by atoms with E-state index in [2.05, 4.69) is 69.5 Å². The SMILES string of the molecule is C=C/C=C(\c1cc(-c2[nH]nc3ncc(C(=C/C)/C=C(\C=C)N(C)C)cc23)[nH]c1C)n1cnc(C)c1. The van der Waals surface area contributed by atoms with E-state index in [0.29, 0.717) is 5.65 Å². The molecule has 4 aromatic rings. The van der Waals surface area contributed by atoms with Crippen LogP contribution in [-0.2, 0) is 0 Å². The number of nitrogens with one attached hydrogen (secondary N) is 2.